The van der Waals surface area contributed by atoms with Crippen LogP contribution in [-0.4, -0.2) is 147 Å². The van der Waals surface area contributed by atoms with Gasteiger partial charge in [0.2, 0.25) is 65.0 Å². The van der Waals surface area contributed by atoms with E-state index in [2.05, 4.69) is 37.2 Å². The van der Waals surface area contributed by atoms with Crippen LogP contribution in [0.25, 0.3) is 0 Å². The Morgan fingerprint density at radius 2 is 1.37 bits per heavy atom. The molecule has 2 aliphatic heterocycles. The Kier molecular flexibility index (Phi) is 23.2. The zero-order valence-electron chi connectivity index (χ0n) is 39.9. The highest BCUT2D eigenvalue weighted by Gasteiger charge is 2.41. The lowest BCUT2D eigenvalue weighted by Gasteiger charge is -2.31. The van der Waals surface area contributed by atoms with Crippen molar-refractivity contribution in [3.05, 3.63) is 29.8 Å². The number of primary amides is 3. The summed E-state index contributed by atoms with van der Waals surface area (Å²) in [7, 11) is 2.05. The summed E-state index contributed by atoms with van der Waals surface area (Å²) in [5, 5.41) is 27.8. The van der Waals surface area contributed by atoms with E-state index in [-0.39, 0.29) is 49.0 Å². The maximum absolute atomic E-state index is 14.5. The zero-order valence-corrected chi connectivity index (χ0v) is 41.6. The molecule has 10 atom stereocenters. The summed E-state index contributed by atoms with van der Waals surface area (Å²) in [6.45, 7) is 8.46. The van der Waals surface area contributed by atoms with Crippen molar-refractivity contribution in [3.63, 3.8) is 0 Å². The Hall–Kier alpha value is -6.15. The van der Waals surface area contributed by atoms with Crippen LogP contribution < -0.4 is 60.2 Å². The smallest absolute Gasteiger partial charge is 0.246 e. The summed E-state index contributed by atoms with van der Waals surface area (Å²) >= 11 is 0. The molecule has 2 aliphatic rings. The molecule has 2 fully saturated rings. The van der Waals surface area contributed by atoms with Gasteiger partial charge in [-0.2, -0.15) is 0 Å². The van der Waals surface area contributed by atoms with Gasteiger partial charge in [0, 0.05) is 30.9 Å². The van der Waals surface area contributed by atoms with Gasteiger partial charge >= 0.3 is 0 Å². The molecule has 0 bridgehead atoms. The van der Waals surface area contributed by atoms with E-state index in [1.165, 1.54) is 36.1 Å². The maximum Gasteiger partial charge on any atom is 0.246 e. The van der Waals surface area contributed by atoms with Crippen molar-refractivity contribution in [3.8, 4) is 5.75 Å². The number of nitrogens with one attached hydrogen (secondary N) is 7. The zero-order chi connectivity index (χ0) is 52.4. The van der Waals surface area contributed by atoms with Crippen LogP contribution in [0.5, 0.6) is 5.75 Å². The first kappa shape index (κ1) is 58.2. The second-order valence-corrected chi connectivity index (χ2v) is 20.4. The Balaban J connectivity index is 2.05. The van der Waals surface area contributed by atoms with Crippen molar-refractivity contribution >= 4 is 86.6 Å². The lowest BCUT2D eigenvalue weighted by molar-refractivity contribution is -0.142. The number of hydrogen-bond donors (Lipinski definition) is 12. The van der Waals surface area contributed by atoms with Crippen molar-refractivity contribution in [1.29, 1.82) is 0 Å². The van der Waals surface area contributed by atoms with Crippen LogP contribution in [0, 0.1) is 11.8 Å². The molecule has 388 valence electrons. The third-order valence-corrected chi connectivity index (χ3v) is 14.1. The number of carbonyl (C=O) groups is 11. The fraction of sp³-hybridized carbons (Fsp3) is 0.614. The molecule has 1 aromatic carbocycles. The largest absolute Gasteiger partial charge is 0.508 e. The second-order valence-electron chi connectivity index (χ2n) is 17.9. The average molecular weight is 1020 g/mol. The van der Waals surface area contributed by atoms with E-state index in [0.29, 0.717) is 18.4 Å². The van der Waals surface area contributed by atoms with Crippen molar-refractivity contribution in [2.45, 2.75) is 140 Å². The van der Waals surface area contributed by atoms with E-state index in [1.807, 2.05) is 13.8 Å². The number of benzene rings is 1. The molecule has 70 heavy (non-hydrogen) atoms. The van der Waals surface area contributed by atoms with Gasteiger partial charge in [-0.1, -0.05) is 67.8 Å². The summed E-state index contributed by atoms with van der Waals surface area (Å²) in [4.78, 5) is 149. The van der Waals surface area contributed by atoms with Crippen molar-refractivity contribution in [2.75, 3.05) is 18.1 Å². The number of nitrogens with zero attached hydrogens (tertiary/aromatic N) is 1. The maximum atomic E-state index is 14.5. The molecular weight excluding hydrogens is 953 g/mol. The predicted molar refractivity (Wildman–Crippen MR) is 259 cm³/mol. The SMILES string of the molecule is CCC(C)C1NC(=O)C(Cc2ccc(O)cc2)NC(=O)C(N)CSSCC(C(=O)N2CCCC2C(=O)NC(CC(C)C)C(=O)NC(C)C(N)=O)NC(=O)C(CC(N)=O)NC(=O)C(CCC(N)=O)NC1=O. The fourth-order valence-electron chi connectivity index (χ4n) is 7.43. The van der Waals surface area contributed by atoms with E-state index in [0.717, 1.165) is 21.6 Å². The molecule has 11 amide bonds. The van der Waals surface area contributed by atoms with E-state index in [9.17, 15) is 57.8 Å². The highest BCUT2D eigenvalue weighted by molar-refractivity contribution is 8.76. The normalized spacial score (nSPS) is 24.6. The van der Waals surface area contributed by atoms with Gasteiger partial charge in [-0.05, 0) is 62.1 Å². The molecule has 0 saturated carbocycles. The van der Waals surface area contributed by atoms with Crippen molar-refractivity contribution in [1.82, 2.24) is 42.1 Å². The van der Waals surface area contributed by atoms with Crippen LogP contribution >= 0.6 is 21.6 Å². The highest BCUT2D eigenvalue weighted by Crippen LogP contribution is 2.26. The topological polar surface area (TPSA) is 400 Å². The first-order valence-electron chi connectivity index (χ1n) is 23.0. The molecule has 1 aromatic rings. The number of phenols is 1. The monoisotopic (exact) mass is 1020 g/mol. The van der Waals surface area contributed by atoms with E-state index in [1.54, 1.807) is 13.8 Å². The Bertz CT molecular complexity index is 2080. The van der Waals surface area contributed by atoms with Crippen LogP contribution in [0.1, 0.15) is 85.1 Å². The van der Waals surface area contributed by atoms with Gasteiger partial charge in [-0.15, -0.1) is 0 Å². The predicted octanol–water partition coefficient (Wildman–Crippen LogP) is -3.22. The van der Waals surface area contributed by atoms with Crippen LogP contribution in [-0.2, 0) is 59.2 Å². The molecule has 0 spiro atoms. The second kappa shape index (κ2) is 27.9. The number of phenolic OH excluding ortho intramolecular Hbond substituents is 1. The van der Waals surface area contributed by atoms with E-state index < -0.39 is 145 Å². The standard InChI is InChI=1S/C44H68N12O12S2/c1-6-22(4)35-43(67)50-27(13-14-33(46)58)38(62)52-30(18-34(47)59)40(64)54-31(20-70-69-19-26(45)37(61)51-29(41(65)55-35)17-24-9-11-25(57)12-10-24)44(68)56-15-7-8-32(56)42(66)53-28(16-21(2)3)39(63)49-23(5)36(48)60/h9-12,21-23,26-32,35,57H,6-8,13-20,45H2,1-5H3,(H2,46,58)(H2,47,59)(H2,48,60)(H,49,63)(H,50,67)(H,51,61)(H,52,62)(H,53,66)(H,54,64)(H,55,65). The first-order valence-corrected chi connectivity index (χ1v) is 25.5. The minimum absolute atomic E-state index is 0.0467. The summed E-state index contributed by atoms with van der Waals surface area (Å²) in [5.74, 6) is -10.4. The number of rotatable bonds is 17. The van der Waals surface area contributed by atoms with E-state index in [4.69, 9.17) is 22.9 Å². The quantitative estimate of drug-likeness (QED) is 0.0683. The third-order valence-electron chi connectivity index (χ3n) is 11.6. The molecule has 24 nitrogen and oxygen atoms in total. The van der Waals surface area contributed by atoms with Gasteiger partial charge in [0.25, 0.3) is 0 Å². The molecule has 0 aliphatic carbocycles. The number of hydrogen-bond acceptors (Lipinski definition) is 15. The van der Waals surface area contributed by atoms with Gasteiger partial charge in [0.15, 0.2) is 0 Å². The Morgan fingerprint density at radius 1 is 0.771 bits per heavy atom. The van der Waals surface area contributed by atoms with Crippen molar-refractivity contribution in [2.24, 2.45) is 34.8 Å². The minimum Gasteiger partial charge on any atom is -0.508 e. The molecule has 3 rings (SSSR count). The average Bonchev–Trinajstić information content (AvgIpc) is 3.79. The molecule has 16 N–H and O–H groups in total. The van der Waals surface area contributed by atoms with Gasteiger partial charge in [-0.3, -0.25) is 52.7 Å². The highest BCUT2D eigenvalue weighted by atomic mass is 33.1. The molecule has 0 radical (unpaired) electrons. The Labute approximate surface area is 413 Å². The Morgan fingerprint density at radius 3 is 1.97 bits per heavy atom. The van der Waals surface area contributed by atoms with Gasteiger partial charge < -0.3 is 70.2 Å². The van der Waals surface area contributed by atoms with Gasteiger partial charge in [0.1, 0.15) is 54.1 Å². The molecule has 2 heterocycles. The molecule has 26 heteroatoms. The molecule has 10 unspecified atom stereocenters. The summed E-state index contributed by atoms with van der Waals surface area (Å²) < 4.78 is 0. The number of aromatic hydroxyl groups is 1. The molecule has 0 aromatic heterocycles. The summed E-state index contributed by atoms with van der Waals surface area (Å²) in [6, 6.07) is -6.13. The van der Waals surface area contributed by atoms with E-state index >= 15 is 0 Å². The lowest BCUT2D eigenvalue weighted by atomic mass is 9.96. The number of carbonyl (C=O) groups excluding carboxylic acids is 11. The summed E-state index contributed by atoms with van der Waals surface area (Å²) in [5.41, 5.74) is 23.1. The molecular formula is C44H68N12O12S2. The lowest BCUT2D eigenvalue weighted by Crippen LogP contribution is -2.61. The third kappa shape index (κ3) is 18.3. The number of likely N-dealkylation sites (tertiary alicyclic amines) is 1. The van der Waals surface area contributed by atoms with Crippen molar-refractivity contribution < 1.29 is 57.8 Å². The minimum atomic E-state index is -1.75. The van der Waals surface area contributed by atoms with Gasteiger partial charge in [-0.25, -0.2) is 0 Å². The first-order chi connectivity index (χ1) is 32.9. The van der Waals surface area contributed by atoms with Gasteiger partial charge in [0.05, 0.1) is 12.5 Å². The van der Waals surface area contributed by atoms with Crippen LogP contribution in [0.2, 0.25) is 0 Å². The van der Waals surface area contributed by atoms with Crippen LogP contribution in [0.15, 0.2) is 24.3 Å². The van der Waals surface area contributed by atoms with Crippen LogP contribution in [0.3, 0.4) is 0 Å². The number of amides is 11. The van der Waals surface area contributed by atoms with Crippen LogP contribution in [0.4, 0.5) is 0 Å². The number of nitrogens with two attached hydrogens (primary N) is 4. The fourth-order valence-corrected chi connectivity index (χ4v) is 9.71. The molecule has 2 saturated heterocycles. The summed E-state index contributed by atoms with van der Waals surface area (Å²) in [6.07, 6.45) is -0.712.